The molecule has 3 amide bonds. The van der Waals surface area contributed by atoms with Gasteiger partial charge in [-0.25, -0.2) is 8.78 Å². The average Bonchev–Trinajstić information content (AvgIpc) is 2.71. The highest BCUT2D eigenvalue weighted by Gasteiger charge is 2.25. The van der Waals surface area contributed by atoms with Crippen LogP contribution in [0.4, 0.5) is 8.78 Å². The highest BCUT2D eigenvalue weighted by atomic mass is 19.1. The molecule has 0 saturated carbocycles. The van der Waals surface area contributed by atoms with Gasteiger partial charge in [0.15, 0.2) is 0 Å². The van der Waals surface area contributed by atoms with E-state index in [2.05, 4.69) is 16.0 Å². The number of rotatable bonds is 9. The molecule has 0 heterocycles. The molecule has 0 aliphatic rings. The lowest BCUT2D eigenvalue weighted by atomic mass is 10.0. The minimum Gasteiger partial charge on any atom is -0.354 e. The molecule has 30 heavy (non-hydrogen) atoms. The molecule has 2 aromatic carbocycles. The number of carbonyl (C=O) groups is 3. The molecule has 0 spiro atoms. The number of hydrogen-bond donors (Lipinski definition) is 3. The zero-order valence-corrected chi connectivity index (χ0v) is 16.9. The summed E-state index contributed by atoms with van der Waals surface area (Å²) in [5.41, 5.74) is 0.540. The lowest BCUT2D eigenvalue weighted by molar-refractivity contribution is -0.124. The van der Waals surface area contributed by atoms with Gasteiger partial charge in [-0.3, -0.25) is 14.4 Å². The molecule has 8 heteroatoms. The monoisotopic (exact) mass is 417 g/mol. The fraction of sp³-hybridized carbons (Fsp3) is 0.318. The molecule has 0 saturated heterocycles. The number of hydrogen-bond acceptors (Lipinski definition) is 3. The summed E-state index contributed by atoms with van der Waals surface area (Å²) < 4.78 is 26.7. The van der Waals surface area contributed by atoms with Gasteiger partial charge < -0.3 is 16.0 Å². The van der Waals surface area contributed by atoms with Crippen molar-refractivity contribution in [1.82, 2.24) is 16.0 Å². The maximum Gasteiger partial charge on any atom is 0.254 e. The molecule has 6 nitrogen and oxygen atoms in total. The normalized spacial score (nSPS) is 11.6. The number of nitrogens with one attached hydrogen (secondary N) is 3. The third kappa shape index (κ3) is 6.95. The van der Waals surface area contributed by atoms with Gasteiger partial charge in [0.2, 0.25) is 11.8 Å². The molecule has 2 aromatic rings. The second-order valence-corrected chi connectivity index (χ2v) is 7.12. The first kappa shape index (κ1) is 23.0. The Labute approximate surface area is 174 Å². The summed E-state index contributed by atoms with van der Waals surface area (Å²) in [7, 11) is 0. The predicted octanol–water partition coefficient (Wildman–Crippen LogP) is 2.19. The van der Waals surface area contributed by atoms with Crippen molar-refractivity contribution in [2.24, 2.45) is 5.92 Å². The van der Waals surface area contributed by atoms with Crippen LogP contribution in [0.5, 0.6) is 0 Å². The molecule has 1 unspecified atom stereocenters. The van der Waals surface area contributed by atoms with E-state index in [1.54, 1.807) is 13.8 Å². The van der Waals surface area contributed by atoms with Crippen LogP contribution in [-0.2, 0) is 16.0 Å². The third-order valence-corrected chi connectivity index (χ3v) is 4.38. The number of halogens is 2. The smallest absolute Gasteiger partial charge is 0.254 e. The molecule has 0 fully saturated rings. The molecule has 1 atom stereocenters. The first-order valence-electron chi connectivity index (χ1n) is 9.62. The summed E-state index contributed by atoms with van der Waals surface area (Å²) in [5, 5.41) is 7.86. The minimum absolute atomic E-state index is 0.0988. The van der Waals surface area contributed by atoms with Gasteiger partial charge in [0, 0.05) is 13.1 Å². The Morgan fingerprint density at radius 1 is 0.900 bits per heavy atom. The van der Waals surface area contributed by atoms with E-state index in [-0.39, 0.29) is 42.7 Å². The first-order valence-corrected chi connectivity index (χ1v) is 9.62. The lowest BCUT2D eigenvalue weighted by Crippen LogP contribution is -2.51. The molecule has 0 radical (unpaired) electrons. The average molecular weight is 417 g/mol. The highest BCUT2D eigenvalue weighted by molar-refractivity contribution is 5.97. The van der Waals surface area contributed by atoms with Crippen molar-refractivity contribution in [3.63, 3.8) is 0 Å². The fourth-order valence-electron chi connectivity index (χ4n) is 2.75. The Morgan fingerprint density at radius 3 is 2.17 bits per heavy atom. The number of amides is 3. The van der Waals surface area contributed by atoms with Crippen molar-refractivity contribution < 1.29 is 23.2 Å². The standard InChI is InChI=1S/C22H25F2N3O3/c1-14(2)20(27-21(29)17-5-3-4-6-18(17)24)22(30)26-12-11-25-19(28)13-15-7-9-16(23)10-8-15/h3-10,14,20H,11-13H2,1-2H3,(H,25,28)(H,26,30)(H,27,29). The maximum atomic E-state index is 13.8. The van der Waals surface area contributed by atoms with Crippen LogP contribution < -0.4 is 16.0 Å². The second-order valence-electron chi connectivity index (χ2n) is 7.12. The van der Waals surface area contributed by atoms with E-state index in [0.29, 0.717) is 5.56 Å². The molecule has 0 aliphatic carbocycles. The van der Waals surface area contributed by atoms with Crippen LogP contribution in [0.2, 0.25) is 0 Å². The van der Waals surface area contributed by atoms with Crippen molar-refractivity contribution in [3.8, 4) is 0 Å². The molecule has 2 rings (SSSR count). The van der Waals surface area contributed by atoms with Crippen LogP contribution in [0.25, 0.3) is 0 Å². The summed E-state index contributed by atoms with van der Waals surface area (Å²) >= 11 is 0. The van der Waals surface area contributed by atoms with Gasteiger partial charge in [-0.05, 0) is 35.7 Å². The molecular weight excluding hydrogens is 392 g/mol. The van der Waals surface area contributed by atoms with E-state index >= 15 is 0 Å². The molecule has 0 bridgehead atoms. The van der Waals surface area contributed by atoms with Crippen molar-refractivity contribution in [2.75, 3.05) is 13.1 Å². The zero-order chi connectivity index (χ0) is 22.1. The van der Waals surface area contributed by atoms with Gasteiger partial charge in [0.1, 0.15) is 17.7 Å². The van der Waals surface area contributed by atoms with Crippen molar-refractivity contribution >= 4 is 17.7 Å². The van der Waals surface area contributed by atoms with E-state index in [0.717, 1.165) is 0 Å². The first-order chi connectivity index (χ1) is 14.3. The zero-order valence-electron chi connectivity index (χ0n) is 16.9. The second kappa shape index (κ2) is 11.0. The Morgan fingerprint density at radius 2 is 1.53 bits per heavy atom. The van der Waals surface area contributed by atoms with Crippen LogP contribution in [-0.4, -0.2) is 36.9 Å². The van der Waals surface area contributed by atoms with E-state index in [1.807, 2.05) is 0 Å². The van der Waals surface area contributed by atoms with Crippen LogP contribution in [0, 0.1) is 17.6 Å². The lowest BCUT2D eigenvalue weighted by Gasteiger charge is -2.22. The van der Waals surface area contributed by atoms with Gasteiger partial charge in [-0.15, -0.1) is 0 Å². The summed E-state index contributed by atoms with van der Waals surface area (Å²) in [4.78, 5) is 36.6. The van der Waals surface area contributed by atoms with Crippen molar-refractivity contribution in [2.45, 2.75) is 26.3 Å². The van der Waals surface area contributed by atoms with E-state index in [1.165, 1.54) is 48.5 Å². The van der Waals surface area contributed by atoms with Crippen molar-refractivity contribution in [1.29, 1.82) is 0 Å². The van der Waals surface area contributed by atoms with Crippen LogP contribution in [0.1, 0.15) is 29.8 Å². The van der Waals surface area contributed by atoms with E-state index in [9.17, 15) is 23.2 Å². The molecule has 3 N–H and O–H groups in total. The Balaban J connectivity index is 1.79. The van der Waals surface area contributed by atoms with E-state index < -0.39 is 23.7 Å². The minimum atomic E-state index is -0.855. The number of carbonyl (C=O) groups excluding carboxylic acids is 3. The number of benzene rings is 2. The summed E-state index contributed by atoms with van der Waals surface area (Å²) in [6.45, 7) is 3.87. The van der Waals surface area contributed by atoms with Gasteiger partial charge >= 0.3 is 0 Å². The predicted molar refractivity (Wildman–Crippen MR) is 109 cm³/mol. The summed E-state index contributed by atoms with van der Waals surface area (Å²) in [5.74, 6) is -2.62. The van der Waals surface area contributed by atoms with Crippen LogP contribution in [0.15, 0.2) is 48.5 Å². The Kier molecular flexibility index (Phi) is 8.46. The van der Waals surface area contributed by atoms with Crippen LogP contribution >= 0.6 is 0 Å². The van der Waals surface area contributed by atoms with Crippen molar-refractivity contribution in [3.05, 3.63) is 71.3 Å². The summed E-state index contributed by atoms with van der Waals surface area (Å²) in [6.07, 6.45) is 0.0988. The molecule has 0 aromatic heterocycles. The molecular formula is C22H25F2N3O3. The van der Waals surface area contributed by atoms with Crippen LogP contribution in [0.3, 0.4) is 0 Å². The van der Waals surface area contributed by atoms with E-state index in [4.69, 9.17) is 0 Å². The third-order valence-electron chi connectivity index (χ3n) is 4.38. The fourth-order valence-corrected chi connectivity index (χ4v) is 2.75. The van der Waals surface area contributed by atoms with Gasteiger partial charge in [-0.1, -0.05) is 38.1 Å². The highest BCUT2D eigenvalue weighted by Crippen LogP contribution is 2.09. The SMILES string of the molecule is CC(C)C(NC(=O)c1ccccc1F)C(=O)NCCNC(=O)Cc1ccc(F)cc1. The van der Waals surface area contributed by atoms with Gasteiger partial charge in [0.25, 0.3) is 5.91 Å². The Bertz CT molecular complexity index is 885. The van der Waals surface area contributed by atoms with Gasteiger partial charge in [0.05, 0.1) is 12.0 Å². The Hall–Kier alpha value is -3.29. The topological polar surface area (TPSA) is 87.3 Å². The molecule has 160 valence electrons. The quantitative estimate of drug-likeness (QED) is 0.547. The van der Waals surface area contributed by atoms with Gasteiger partial charge in [-0.2, -0.15) is 0 Å². The molecule has 0 aliphatic heterocycles. The largest absolute Gasteiger partial charge is 0.354 e. The maximum absolute atomic E-state index is 13.8. The summed E-state index contributed by atoms with van der Waals surface area (Å²) in [6, 6.07) is 10.3.